The summed E-state index contributed by atoms with van der Waals surface area (Å²) in [7, 11) is 5.19. The van der Waals surface area contributed by atoms with Crippen LogP contribution in [0.4, 0.5) is 10.5 Å². The Morgan fingerprint density at radius 1 is 1.13 bits per heavy atom. The van der Waals surface area contributed by atoms with Crippen molar-refractivity contribution in [3.05, 3.63) is 57.8 Å². The van der Waals surface area contributed by atoms with Crippen molar-refractivity contribution in [3.63, 3.8) is 0 Å². The van der Waals surface area contributed by atoms with E-state index in [2.05, 4.69) is 25.8 Å². The number of halogens is 1. The minimum absolute atomic E-state index is 0.0641. The number of aryl methyl sites for hydroxylation is 2. The van der Waals surface area contributed by atoms with Crippen LogP contribution in [0.1, 0.15) is 28.7 Å². The number of amides is 3. The van der Waals surface area contributed by atoms with Crippen LogP contribution >= 0.6 is 15.9 Å². The number of imidazole rings is 1. The van der Waals surface area contributed by atoms with E-state index in [-0.39, 0.29) is 11.9 Å². The normalized spacial score (nSPS) is 10.9. The van der Waals surface area contributed by atoms with E-state index in [4.69, 9.17) is 4.98 Å². The Bertz CT molecular complexity index is 1110. The maximum absolute atomic E-state index is 12.7. The zero-order chi connectivity index (χ0) is 22.0. The molecule has 0 radical (unpaired) electrons. The highest BCUT2D eigenvalue weighted by Gasteiger charge is 2.17. The molecule has 7 nitrogen and oxygen atoms in total. The Hall–Kier alpha value is -2.87. The average Bonchev–Trinajstić information content (AvgIpc) is 3.05. The molecule has 30 heavy (non-hydrogen) atoms. The van der Waals surface area contributed by atoms with Gasteiger partial charge in [-0.05, 0) is 55.8 Å². The summed E-state index contributed by atoms with van der Waals surface area (Å²) in [6.45, 7) is 5.07. The molecule has 158 valence electrons. The molecule has 0 aliphatic carbocycles. The van der Waals surface area contributed by atoms with Gasteiger partial charge < -0.3 is 19.7 Å². The Labute approximate surface area is 184 Å². The van der Waals surface area contributed by atoms with E-state index >= 15 is 0 Å². The summed E-state index contributed by atoms with van der Waals surface area (Å²) < 4.78 is 3.06. The third-order valence-corrected chi connectivity index (χ3v) is 5.82. The molecule has 3 amide bonds. The topological polar surface area (TPSA) is 70.5 Å². The molecule has 0 spiro atoms. The van der Waals surface area contributed by atoms with Crippen molar-refractivity contribution in [1.82, 2.24) is 19.4 Å². The summed E-state index contributed by atoms with van der Waals surface area (Å²) in [5, 5.41) is 2.92. The van der Waals surface area contributed by atoms with Crippen molar-refractivity contribution in [2.45, 2.75) is 26.9 Å². The molecule has 1 aromatic heterocycles. The van der Waals surface area contributed by atoms with Crippen molar-refractivity contribution >= 4 is 44.6 Å². The van der Waals surface area contributed by atoms with Crippen molar-refractivity contribution in [2.24, 2.45) is 0 Å². The van der Waals surface area contributed by atoms with Gasteiger partial charge in [0.05, 0.1) is 17.6 Å². The highest BCUT2D eigenvalue weighted by molar-refractivity contribution is 9.10. The average molecular weight is 472 g/mol. The predicted molar refractivity (Wildman–Crippen MR) is 123 cm³/mol. The Kier molecular flexibility index (Phi) is 6.45. The van der Waals surface area contributed by atoms with Gasteiger partial charge in [0.25, 0.3) is 5.91 Å². The number of fused-ring (bicyclic) bond motifs is 1. The standard InChI is InChI=1S/C22H26BrN5O2/c1-6-28-19-10-7-15(21(29)26(3)4)12-18(19)25-20(28)13-27(5)22(30)24-16-8-9-17(23)14(2)11-16/h7-12H,6,13H2,1-5H3,(H,24,30). The number of hydrogen-bond donors (Lipinski definition) is 1. The first kappa shape index (κ1) is 21.8. The van der Waals surface area contributed by atoms with Crippen molar-refractivity contribution < 1.29 is 9.59 Å². The summed E-state index contributed by atoms with van der Waals surface area (Å²) in [5.74, 6) is 0.706. The van der Waals surface area contributed by atoms with E-state index in [0.29, 0.717) is 18.7 Å². The second kappa shape index (κ2) is 8.87. The smallest absolute Gasteiger partial charge is 0.321 e. The van der Waals surface area contributed by atoms with Gasteiger partial charge in [-0.2, -0.15) is 0 Å². The lowest BCUT2D eigenvalue weighted by Gasteiger charge is -2.18. The predicted octanol–water partition coefficient (Wildman–Crippen LogP) is 4.49. The monoisotopic (exact) mass is 471 g/mol. The first-order valence-corrected chi connectivity index (χ1v) is 10.5. The summed E-state index contributed by atoms with van der Waals surface area (Å²) in [6, 6.07) is 11.0. The molecule has 1 heterocycles. The number of urea groups is 1. The Balaban J connectivity index is 1.82. The number of carbonyl (C=O) groups is 2. The van der Waals surface area contributed by atoms with E-state index < -0.39 is 0 Å². The van der Waals surface area contributed by atoms with Crippen LogP contribution in [0.25, 0.3) is 11.0 Å². The van der Waals surface area contributed by atoms with Gasteiger partial charge in [0.2, 0.25) is 0 Å². The number of nitrogens with one attached hydrogen (secondary N) is 1. The third kappa shape index (κ3) is 4.48. The van der Waals surface area contributed by atoms with Crippen LogP contribution in [0.5, 0.6) is 0 Å². The molecule has 0 fully saturated rings. The van der Waals surface area contributed by atoms with Crippen molar-refractivity contribution in [3.8, 4) is 0 Å². The molecular weight excluding hydrogens is 446 g/mol. The molecule has 2 aromatic carbocycles. The van der Waals surface area contributed by atoms with Gasteiger partial charge in [-0.25, -0.2) is 9.78 Å². The van der Waals surface area contributed by atoms with E-state index in [1.807, 2.05) is 44.2 Å². The summed E-state index contributed by atoms with van der Waals surface area (Å²) in [6.07, 6.45) is 0. The molecule has 3 rings (SSSR count). The molecule has 1 N–H and O–H groups in total. The van der Waals surface area contributed by atoms with Gasteiger partial charge in [0.1, 0.15) is 5.82 Å². The van der Waals surface area contributed by atoms with Gasteiger partial charge in [0, 0.05) is 43.4 Å². The molecule has 0 saturated carbocycles. The largest absolute Gasteiger partial charge is 0.345 e. The number of anilines is 1. The van der Waals surface area contributed by atoms with E-state index in [1.54, 1.807) is 37.0 Å². The fraction of sp³-hybridized carbons (Fsp3) is 0.318. The first-order chi connectivity index (χ1) is 14.2. The maximum atomic E-state index is 12.7. The Morgan fingerprint density at radius 2 is 1.87 bits per heavy atom. The lowest BCUT2D eigenvalue weighted by Crippen LogP contribution is -2.31. The maximum Gasteiger partial charge on any atom is 0.321 e. The zero-order valence-corrected chi connectivity index (χ0v) is 19.4. The SMILES string of the molecule is CCn1c(CN(C)C(=O)Nc2ccc(Br)c(C)c2)nc2cc(C(=O)N(C)C)ccc21. The second-order valence-electron chi connectivity index (χ2n) is 7.43. The van der Waals surface area contributed by atoms with Crippen LogP contribution in [-0.2, 0) is 13.1 Å². The van der Waals surface area contributed by atoms with Crippen LogP contribution in [0, 0.1) is 6.92 Å². The van der Waals surface area contributed by atoms with Crippen LogP contribution in [0.15, 0.2) is 40.9 Å². The van der Waals surface area contributed by atoms with E-state index in [1.165, 1.54) is 0 Å². The summed E-state index contributed by atoms with van der Waals surface area (Å²) in [5.41, 5.74) is 4.07. The van der Waals surface area contributed by atoms with Gasteiger partial charge in [-0.1, -0.05) is 15.9 Å². The van der Waals surface area contributed by atoms with Crippen molar-refractivity contribution in [2.75, 3.05) is 26.5 Å². The minimum Gasteiger partial charge on any atom is -0.345 e. The van der Waals surface area contributed by atoms with Crippen LogP contribution in [0.2, 0.25) is 0 Å². The lowest BCUT2D eigenvalue weighted by molar-refractivity contribution is 0.0827. The number of nitrogens with zero attached hydrogens (tertiary/aromatic N) is 4. The van der Waals surface area contributed by atoms with Gasteiger partial charge in [-0.3, -0.25) is 4.79 Å². The van der Waals surface area contributed by atoms with Gasteiger partial charge >= 0.3 is 6.03 Å². The van der Waals surface area contributed by atoms with Crippen LogP contribution in [-0.4, -0.2) is 52.4 Å². The zero-order valence-electron chi connectivity index (χ0n) is 17.9. The molecular formula is C22H26BrN5O2. The number of rotatable bonds is 5. The quantitative estimate of drug-likeness (QED) is 0.595. The third-order valence-electron chi connectivity index (χ3n) is 4.93. The highest BCUT2D eigenvalue weighted by atomic mass is 79.9. The molecule has 0 atom stereocenters. The molecule has 0 saturated heterocycles. The molecule has 0 aliphatic rings. The lowest BCUT2D eigenvalue weighted by atomic mass is 10.2. The molecule has 0 unspecified atom stereocenters. The first-order valence-electron chi connectivity index (χ1n) is 9.70. The fourth-order valence-corrected chi connectivity index (χ4v) is 3.52. The number of hydrogen-bond acceptors (Lipinski definition) is 3. The minimum atomic E-state index is -0.213. The second-order valence-corrected chi connectivity index (χ2v) is 8.28. The summed E-state index contributed by atoms with van der Waals surface area (Å²) >= 11 is 3.47. The fourth-order valence-electron chi connectivity index (χ4n) is 3.27. The van der Waals surface area contributed by atoms with Crippen LogP contribution in [0.3, 0.4) is 0 Å². The Morgan fingerprint density at radius 3 is 2.50 bits per heavy atom. The summed E-state index contributed by atoms with van der Waals surface area (Å²) in [4.78, 5) is 32.8. The van der Waals surface area contributed by atoms with Crippen molar-refractivity contribution in [1.29, 1.82) is 0 Å². The van der Waals surface area contributed by atoms with Crippen LogP contribution < -0.4 is 5.32 Å². The number of carbonyl (C=O) groups excluding carboxylic acids is 2. The van der Waals surface area contributed by atoms with Gasteiger partial charge in [0.15, 0.2) is 0 Å². The number of aromatic nitrogens is 2. The van der Waals surface area contributed by atoms with E-state index in [9.17, 15) is 9.59 Å². The van der Waals surface area contributed by atoms with E-state index in [0.717, 1.165) is 32.6 Å². The molecule has 0 bridgehead atoms. The molecule has 0 aliphatic heterocycles. The number of benzene rings is 2. The van der Waals surface area contributed by atoms with Gasteiger partial charge in [-0.15, -0.1) is 0 Å². The molecule has 3 aromatic rings. The highest BCUT2D eigenvalue weighted by Crippen LogP contribution is 2.22. The molecule has 8 heteroatoms.